The Kier molecular flexibility index (Phi) is 6.16. The van der Waals surface area contributed by atoms with Gasteiger partial charge in [-0.15, -0.1) is 0 Å². The molecule has 2 N–H and O–H groups in total. The molecule has 2 aromatic rings. The molecule has 0 atom stereocenters. The number of hydrogen-bond donors (Lipinski definition) is 2. The molecule has 2 aromatic carbocycles. The summed E-state index contributed by atoms with van der Waals surface area (Å²) in [5.41, 5.74) is 0.462. The fourth-order valence-corrected chi connectivity index (χ4v) is 1.87. The molecule has 0 aliphatic rings. The van der Waals surface area contributed by atoms with E-state index in [0.717, 1.165) is 17.7 Å². The van der Waals surface area contributed by atoms with Gasteiger partial charge < -0.3 is 10.1 Å². The van der Waals surface area contributed by atoms with E-state index in [4.69, 9.17) is 0 Å². The molecule has 0 saturated heterocycles. The standard InChI is InChI=1S/C17H14F2N2O4/c18-13-6-12(7-14(19)8-13)16(23)25-10-15(22)21-17(24)20-9-11-4-2-1-3-5-11/h1-8H,9-10H2,(H2,20,21,22,24). The van der Waals surface area contributed by atoms with Gasteiger partial charge in [-0.2, -0.15) is 0 Å². The number of rotatable bonds is 5. The summed E-state index contributed by atoms with van der Waals surface area (Å²) >= 11 is 0. The molecule has 0 bridgehead atoms. The molecule has 2 rings (SSSR count). The largest absolute Gasteiger partial charge is 0.452 e. The van der Waals surface area contributed by atoms with Crippen molar-refractivity contribution in [3.05, 3.63) is 71.3 Å². The van der Waals surface area contributed by atoms with E-state index in [0.29, 0.717) is 6.07 Å². The molecule has 0 aliphatic heterocycles. The summed E-state index contributed by atoms with van der Waals surface area (Å²) in [5, 5.41) is 4.42. The van der Waals surface area contributed by atoms with Gasteiger partial charge in [0, 0.05) is 12.6 Å². The van der Waals surface area contributed by atoms with E-state index in [1.54, 1.807) is 24.3 Å². The minimum Gasteiger partial charge on any atom is -0.452 e. The monoisotopic (exact) mass is 348 g/mol. The average molecular weight is 348 g/mol. The van der Waals surface area contributed by atoms with Crippen LogP contribution in [0.4, 0.5) is 13.6 Å². The predicted molar refractivity (Wildman–Crippen MR) is 83.5 cm³/mol. The van der Waals surface area contributed by atoms with Gasteiger partial charge in [0.25, 0.3) is 5.91 Å². The van der Waals surface area contributed by atoms with Crippen molar-refractivity contribution in [3.8, 4) is 0 Å². The number of carbonyl (C=O) groups is 3. The van der Waals surface area contributed by atoms with Crippen LogP contribution in [-0.4, -0.2) is 24.5 Å². The van der Waals surface area contributed by atoms with Crippen molar-refractivity contribution in [2.75, 3.05) is 6.61 Å². The van der Waals surface area contributed by atoms with Gasteiger partial charge in [0.2, 0.25) is 0 Å². The van der Waals surface area contributed by atoms with Crippen molar-refractivity contribution in [3.63, 3.8) is 0 Å². The SMILES string of the molecule is O=C(COC(=O)c1cc(F)cc(F)c1)NC(=O)NCc1ccccc1. The van der Waals surface area contributed by atoms with Crippen LogP contribution in [0.5, 0.6) is 0 Å². The van der Waals surface area contributed by atoms with Crippen LogP contribution in [0, 0.1) is 11.6 Å². The second-order valence-corrected chi connectivity index (χ2v) is 4.95. The van der Waals surface area contributed by atoms with E-state index in [-0.39, 0.29) is 12.1 Å². The van der Waals surface area contributed by atoms with E-state index in [2.05, 4.69) is 10.1 Å². The number of urea groups is 1. The van der Waals surface area contributed by atoms with E-state index in [1.165, 1.54) is 0 Å². The van der Waals surface area contributed by atoms with Crippen molar-refractivity contribution in [1.29, 1.82) is 0 Å². The minimum absolute atomic E-state index is 0.211. The van der Waals surface area contributed by atoms with Crippen LogP contribution in [0.3, 0.4) is 0 Å². The highest BCUT2D eigenvalue weighted by Gasteiger charge is 2.14. The summed E-state index contributed by atoms with van der Waals surface area (Å²) < 4.78 is 30.6. The number of nitrogens with one attached hydrogen (secondary N) is 2. The Hall–Kier alpha value is -3.29. The first-order valence-electron chi connectivity index (χ1n) is 7.19. The maximum Gasteiger partial charge on any atom is 0.338 e. The lowest BCUT2D eigenvalue weighted by atomic mass is 10.2. The molecular weight excluding hydrogens is 334 g/mol. The van der Waals surface area contributed by atoms with Gasteiger partial charge in [0.05, 0.1) is 5.56 Å². The van der Waals surface area contributed by atoms with Crippen LogP contribution >= 0.6 is 0 Å². The predicted octanol–water partition coefficient (Wildman–Crippen LogP) is 2.15. The van der Waals surface area contributed by atoms with Gasteiger partial charge in [-0.3, -0.25) is 10.1 Å². The summed E-state index contributed by atoms with van der Waals surface area (Å²) in [6, 6.07) is 10.4. The molecule has 0 saturated carbocycles. The highest BCUT2D eigenvalue weighted by molar-refractivity contribution is 5.97. The van der Waals surface area contributed by atoms with Gasteiger partial charge >= 0.3 is 12.0 Å². The highest BCUT2D eigenvalue weighted by Crippen LogP contribution is 2.09. The lowest BCUT2D eigenvalue weighted by molar-refractivity contribution is -0.123. The number of hydrogen-bond acceptors (Lipinski definition) is 4. The quantitative estimate of drug-likeness (QED) is 0.811. The zero-order chi connectivity index (χ0) is 18.2. The zero-order valence-corrected chi connectivity index (χ0v) is 12.9. The number of imide groups is 1. The lowest BCUT2D eigenvalue weighted by Crippen LogP contribution is -2.41. The number of amides is 3. The van der Waals surface area contributed by atoms with Crippen molar-refractivity contribution in [2.45, 2.75) is 6.54 Å². The van der Waals surface area contributed by atoms with Crippen molar-refractivity contribution >= 4 is 17.9 Å². The number of esters is 1. The van der Waals surface area contributed by atoms with E-state index in [1.807, 2.05) is 11.4 Å². The third-order valence-electron chi connectivity index (χ3n) is 2.98. The summed E-state index contributed by atoms with van der Waals surface area (Å²) in [5.74, 6) is -3.86. The fourth-order valence-electron chi connectivity index (χ4n) is 1.87. The van der Waals surface area contributed by atoms with Gasteiger partial charge in [0.1, 0.15) is 11.6 Å². The highest BCUT2D eigenvalue weighted by atomic mass is 19.1. The van der Waals surface area contributed by atoms with E-state index >= 15 is 0 Å². The first-order valence-corrected chi connectivity index (χ1v) is 7.19. The summed E-state index contributed by atoms with van der Waals surface area (Å²) in [4.78, 5) is 34.7. The number of ether oxygens (including phenoxy) is 1. The molecular formula is C17H14F2N2O4. The van der Waals surface area contributed by atoms with Crippen LogP contribution < -0.4 is 10.6 Å². The van der Waals surface area contributed by atoms with Crippen LogP contribution in [0.25, 0.3) is 0 Å². The van der Waals surface area contributed by atoms with Gasteiger partial charge in [-0.05, 0) is 17.7 Å². The Morgan fingerprint density at radius 1 is 0.960 bits per heavy atom. The molecule has 6 nitrogen and oxygen atoms in total. The van der Waals surface area contributed by atoms with Gasteiger partial charge in [-0.1, -0.05) is 30.3 Å². The molecule has 0 spiro atoms. The Labute approximate surface area is 141 Å². The van der Waals surface area contributed by atoms with E-state index in [9.17, 15) is 23.2 Å². The minimum atomic E-state index is -1.08. The molecule has 0 aromatic heterocycles. The van der Waals surface area contributed by atoms with Gasteiger partial charge in [0.15, 0.2) is 6.61 Å². The lowest BCUT2D eigenvalue weighted by Gasteiger charge is -2.08. The normalized spacial score (nSPS) is 10.0. The first-order chi connectivity index (χ1) is 11.9. The molecule has 130 valence electrons. The third-order valence-corrected chi connectivity index (χ3v) is 2.98. The van der Waals surface area contributed by atoms with E-state index < -0.39 is 36.1 Å². The number of benzene rings is 2. The molecule has 3 amide bonds. The summed E-state index contributed by atoms with van der Waals surface area (Å²) in [6.45, 7) is -0.558. The first kappa shape index (κ1) is 18.1. The number of halogens is 2. The molecule has 0 radical (unpaired) electrons. The maximum atomic E-state index is 13.0. The van der Waals surface area contributed by atoms with Crippen LogP contribution in [0.1, 0.15) is 15.9 Å². The Morgan fingerprint density at radius 2 is 1.60 bits per heavy atom. The summed E-state index contributed by atoms with van der Waals surface area (Å²) in [7, 11) is 0. The van der Waals surface area contributed by atoms with Crippen molar-refractivity contribution in [1.82, 2.24) is 10.6 Å². The molecule has 0 heterocycles. The van der Waals surface area contributed by atoms with Crippen molar-refractivity contribution < 1.29 is 27.9 Å². The molecule has 8 heteroatoms. The summed E-state index contributed by atoms with van der Waals surface area (Å²) in [6.07, 6.45) is 0. The third kappa shape index (κ3) is 6.02. The second kappa shape index (κ2) is 8.53. The number of carbonyl (C=O) groups excluding carboxylic acids is 3. The van der Waals surface area contributed by atoms with Crippen molar-refractivity contribution in [2.24, 2.45) is 0 Å². The zero-order valence-electron chi connectivity index (χ0n) is 12.9. The Morgan fingerprint density at radius 3 is 2.24 bits per heavy atom. The molecule has 0 unspecified atom stereocenters. The van der Waals surface area contributed by atoms with Crippen LogP contribution in [-0.2, 0) is 16.1 Å². The molecule has 0 aliphatic carbocycles. The second-order valence-electron chi connectivity index (χ2n) is 4.95. The smallest absolute Gasteiger partial charge is 0.338 e. The Bertz CT molecular complexity index is 761. The average Bonchev–Trinajstić information content (AvgIpc) is 2.58. The maximum absolute atomic E-state index is 13.0. The molecule has 0 fully saturated rings. The van der Waals surface area contributed by atoms with Crippen LogP contribution in [0.2, 0.25) is 0 Å². The molecule has 25 heavy (non-hydrogen) atoms. The topological polar surface area (TPSA) is 84.5 Å². The van der Waals surface area contributed by atoms with Crippen LogP contribution in [0.15, 0.2) is 48.5 Å². The fraction of sp³-hybridized carbons (Fsp3) is 0.118. The van der Waals surface area contributed by atoms with Gasteiger partial charge in [-0.25, -0.2) is 18.4 Å². The Balaban J connectivity index is 1.76.